The van der Waals surface area contributed by atoms with Crippen LogP contribution in [-0.2, 0) is 9.59 Å². The monoisotopic (exact) mass is 514 g/mol. The smallest absolute Gasteiger partial charge is 0.260 e. The first-order valence-corrected chi connectivity index (χ1v) is 12.2. The average molecular weight is 515 g/mol. The molecule has 10 heteroatoms. The quantitative estimate of drug-likeness (QED) is 0.269. The first kappa shape index (κ1) is 26.3. The number of fused-ring (bicyclic) bond motifs is 1. The number of hydrogen-bond acceptors (Lipinski definition) is 8. The van der Waals surface area contributed by atoms with Crippen molar-refractivity contribution in [3.8, 4) is 17.2 Å². The number of hydrogen-bond donors (Lipinski definition) is 3. The van der Waals surface area contributed by atoms with Crippen LogP contribution in [0.25, 0.3) is 10.9 Å². The topological polar surface area (TPSA) is 127 Å². The highest BCUT2D eigenvalue weighted by Gasteiger charge is 2.18. The molecule has 10 nitrogen and oxygen atoms in total. The second kappa shape index (κ2) is 12.0. The van der Waals surface area contributed by atoms with Crippen LogP contribution in [0.5, 0.6) is 17.2 Å². The summed E-state index contributed by atoms with van der Waals surface area (Å²) in [6.45, 7) is 7.62. The number of rotatable bonds is 10. The van der Waals surface area contributed by atoms with Crippen LogP contribution in [0.3, 0.4) is 0 Å². The SMILES string of the molecule is CC(=O)NCCNC(=O)[C@@H](C)Oc1cccc2ncnc(Nc3ccc(Oc4ccc(C)nc4)c(C)c3)c12. The minimum Gasteiger partial charge on any atom is -0.480 e. The molecule has 0 unspecified atom stereocenters. The van der Waals surface area contributed by atoms with Crippen molar-refractivity contribution in [2.24, 2.45) is 0 Å². The van der Waals surface area contributed by atoms with Crippen molar-refractivity contribution < 1.29 is 19.1 Å². The number of anilines is 2. The number of carbonyl (C=O) groups is 2. The second-order valence-electron chi connectivity index (χ2n) is 8.75. The Morgan fingerprint density at radius 3 is 2.50 bits per heavy atom. The summed E-state index contributed by atoms with van der Waals surface area (Å²) in [4.78, 5) is 36.6. The number of nitrogens with zero attached hydrogens (tertiary/aromatic N) is 3. The average Bonchev–Trinajstić information content (AvgIpc) is 2.89. The molecule has 0 spiro atoms. The Hall–Kier alpha value is -4.73. The Balaban J connectivity index is 1.50. The Bertz CT molecular complexity index is 1440. The van der Waals surface area contributed by atoms with Gasteiger partial charge in [0, 0.05) is 31.4 Å². The molecule has 1 atom stereocenters. The highest BCUT2D eigenvalue weighted by molar-refractivity contribution is 5.96. The van der Waals surface area contributed by atoms with Crippen molar-refractivity contribution in [3.05, 3.63) is 72.3 Å². The molecule has 0 fully saturated rings. The Morgan fingerprint density at radius 1 is 0.947 bits per heavy atom. The molecule has 0 bridgehead atoms. The van der Waals surface area contributed by atoms with Crippen LogP contribution in [0.15, 0.2) is 61.1 Å². The highest BCUT2D eigenvalue weighted by Crippen LogP contribution is 2.33. The Labute approximate surface area is 220 Å². The standard InChI is InChI=1S/C28H30N6O4/c1-17-14-21(9-11-24(17)38-22-10-8-18(2)31-15-22)34-27-26-23(32-16-33-27)6-5-7-25(26)37-19(3)28(36)30-13-12-29-20(4)35/h5-11,14-16,19H,12-13H2,1-4H3,(H,29,35)(H,30,36)(H,32,33,34)/t19-/m1/s1. The van der Waals surface area contributed by atoms with Gasteiger partial charge in [0.25, 0.3) is 5.91 Å². The van der Waals surface area contributed by atoms with E-state index >= 15 is 0 Å². The number of aromatic nitrogens is 3. The minimum absolute atomic E-state index is 0.153. The molecule has 0 radical (unpaired) electrons. The lowest BCUT2D eigenvalue weighted by molar-refractivity contribution is -0.127. The summed E-state index contributed by atoms with van der Waals surface area (Å²) < 4.78 is 12.0. The van der Waals surface area contributed by atoms with Crippen LogP contribution in [-0.4, -0.2) is 46.0 Å². The summed E-state index contributed by atoms with van der Waals surface area (Å²) in [5, 5.41) is 9.38. The van der Waals surface area contributed by atoms with Gasteiger partial charge in [-0.15, -0.1) is 0 Å². The zero-order chi connectivity index (χ0) is 27.1. The zero-order valence-electron chi connectivity index (χ0n) is 21.7. The van der Waals surface area contributed by atoms with Crippen LogP contribution >= 0.6 is 0 Å². The van der Waals surface area contributed by atoms with Crippen molar-refractivity contribution in [2.75, 3.05) is 18.4 Å². The summed E-state index contributed by atoms with van der Waals surface area (Å²) in [5.74, 6) is 1.94. The second-order valence-corrected chi connectivity index (χ2v) is 8.75. The van der Waals surface area contributed by atoms with Gasteiger partial charge in [0.05, 0.1) is 17.1 Å². The van der Waals surface area contributed by atoms with Crippen LogP contribution in [0.1, 0.15) is 25.1 Å². The van der Waals surface area contributed by atoms with E-state index in [1.807, 2.05) is 56.3 Å². The van der Waals surface area contributed by atoms with E-state index in [1.165, 1.54) is 13.3 Å². The number of pyridine rings is 1. The fourth-order valence-electron chi connectivity index (χ4n) is 3.70. The lowest BCUT2D eigenvalue weighted by atomic mass is 10.1. The Morgan fingerprint density at radius 2 is 1.76 bits per heavy atom. The lowest BCUT2D eigenvalue weighted by Gasteiger charge is -2.18. The molecule has 38 heavy (non-hydrogen) atoms. The molecule has 2 aromatic carbocycles. The van der Waals surface area contributed by atoms with Crippen LogP contribution in [0, 0.1) is 13.8 Å². The number of nitrogens with one attached hydrogen (secondary N) is 3. The van der Waals surface area contributed by atoms with Gasteiger partial charge in [-0.25, -0.2) is 9.97 Å². The molecule has 0 aliphatic carbocycles. The summed E-state index contributed by atoms with van der Waals surface area (Å²) in [6.07, 6.45) is 2.39. The van der Waals surface area contributed by atoms with Crippen molar-refractivity contribution in [3.63, 3.8) is 0 Å². The van der Waals surface area contributed by atoms with Gasteiger partial charge in [-0.05, 0) is 68.8 Å². The molecule has 3 N–H and O–H groups in total. The predicted octanol–water partition coefficient (Wildman–Crippen LogP) is 4.20. The van der Waals surface area contributed by atoms with E-state index in [2.05, 4.69) is 30.9 Å². The van der Waals surface area contributed by atoms with Gasteiger partial charge in [0.15, 0.2) is 6.10 Å². The molecular weight excluding hydrogens is 484 g/mol. The lowest BCUT2D eigenvalue weighted by Crippen LogP contribution is -2.40. The molecule has 4 rings (SSSR count). The van der Waals surface area contributed by atoms with E-state index in [-0.39, 0.29) is 11.8 Å². The van der Waals surface area contributed by atoms with E-state index < -0.39 is 6.10 Å². The fraction of sp³-hybridized carbons (Fsp3) is 0.250. The van der Waals surface area contributed by atoms with Gasteiger partial charge >= 0.3 is 0 Å². The summed E-state index contributed by atoms with van der Waals surface area (Å²) in [5.41, 5.74) is 3.32. The van der Waals surface area contributed by atoms with Crippen molar-refractivity contribution in [2.45, 2.75) is 33.8 Å². The summed E-state index contributed by atoms with van der Waals surface area (Å²) in [6, 6.07) is 15.0. The van der Waals surface area contributed by atoms with Crippen LogP contribution in [0.2, 0.25) is 0 Å². The number of carbonyl (C=O) groups excluding carboxylic acids is 2. The van der Waals surface area contributed by atoms with Crippen LogP contribution in [0.4, 0.5) is 11.5 Å². The van der Waals surface area contributed by atoms with Gasteiger partial charge in [-0.1, -0.05) is 6.07 Å². The minimum atomic E-state index is -0.777. The van der Waals surface area contributed by atoms with E-state index in [0.29, 0.717) is 41.3 Å². The van der Waals surface area contributed by atoms with Gasteiger partial charge in [-0.2, -0.15) is 0 Å². The van der Waals surface area contributed by atoms with Gasteiger partial charge in [0.2, 0.25) is 5.91 Å². The third-order valence-corrected chi connectivity index (χ3v) is 5.65. The number of ether oxygens (including phenoxy) is 2. The zero-order valence-corrected chi connectivity index (χ0v) is 21.7. The largest absolute Gasteiger partial charge is 0.480 e. The molecule has 0 aliphatic rings. The maximum atomic E-state index is 12.5. The van der Waals surface area contributed by atoms with E-state index in [9.17, 15) is 9.59 Å². The van der Waals surface area contributed by atoms with Crippen molar-refractivity contribution in [1.82, 2.24) is 25.6 Å². The summed E-state index contributed by atoms with van der Waals surface area (Å²) in [7, 11) is 0. The van der Waals surface area contributed by atoms with Gasteiger partial charge in [0.1, 0.15) is 29.4 Å². The van der Waals surface area contributed by atoms with Crippen LogP contribution < -0.4 is 25.4 Å². The van der Waals surface area contributed by atoms with Crippen molar-refractivity contribution >= 4 is 34.2 Å². The normalized spacial score (nSPS) is 11.5. The fourth-order valence-corrected chi connectivity index (χ4v) is 3.70. The first-order chi connectivity index (χ1) is 18.3. The molecule has 2 amide bonds. The summed E-state index contributed by atoms with van der Waals surface area (Å²) >= 11 is 0. The molecule has 2 heterocycles. The van der Waals surface area contributed by atoms with Gasteiger partial charge < -0.3 is 25.4 Å². The number of benzene rings is 2. The van der Waals surface area contributed by atoms with E-state index in [4.69, 9.17) is 9.47 Å². The molecule has 196 valence electrons. The molecule has 4 aromatic rings. The molecular formula is C28H30N6O4. The van der Waals surface area contributed by atoms with Crippen molar-refractivity contribution in [1.29, 1.82) is 0 Å². The predicted molar refractivity (Wildman–Crippen MR) is 145 cm³/mol. The highest BCUT2D eigenvalue weighted by atomic mass is 16.5. The third-order valence-electron chi connectivity index (χ3n) is 5.65. The molecule has 0 saturated carbocycles. The number of aryl methyl sites for hydroxylation is 2. The molecule has 0 saturated heterocycles. The molecule has 2 aromatic heterocycles. The first-order valence-electron chi connectivity index (χ1n) is 12.2. The van der Waals surface area contributed by atoms with E-state index in [1.54, 1.807) is 19.2 Å². The van der Waals surface area contributed by atoms with Gasteiger partial charge in [-0.3, -0.25) is 14.6 Å². The molecule has 0 aliphatic heterocycles. The maximum Gasteiger partial charge on any atom is 0.260 e. The number of amides is 2. The maximum absolute atomic E-state index is 12.5. The third kappa shape index (κ3) is 6.73. The Kier molecular flexibility index (Phi) is 8.32. The van der Waals surface area contributed by atoms with E-state index in [0.717, 1.165) is 22.7 Å².